The fraction of sp³-hybridized carbons (Fsp3) is 0.905. The van der Waals surface area contributed by atoms with Crippen LogP contribution in [0.3, 0.4) is 0 Å². The number of rotatable bonds is 4. The van der Waals surface area contributed by atoms with E-state index in [4.69, 9.17) is 9.47 Å². The minimum atomic E-state index is 0.123. The standard InChI is InChI=1S/C21H32O4/c1-20-9-7-15(24-12-22)11-14(20)3-4-16-17-5-6-19(25-13-23)21(17,2)10-8-18(16)20/h12-19H,3-11H2,1-2H3/t14?,15?,16-,17-,18-,19?,20-,21-/m0/s1. The summed E-state index contributed by atoms with van der Waals surface area (Å²) in [5.74, 6) is 2.97. The van der Waals surface area contributed by atoms with Gasteiger partial charge in [0, 0.05) is 5.41 Å². The van der Waals surface area contributed by atoms with E-state index in [-0.39, 0.29) is 17.6 Å². The van der Waals surface area contributed by atoms with E-state index < -0.39 is 0 Å². The largest absolute Gasteiger partial charge is 0.465 e. The third-order valence-electron chi connectivity index (χ3n) is 9.00. The van der Waals surface area contributed by atoms with E-state index in [1.54, 1.807) is 0 Å². The van der Waals surface area contributed by atoms with E-state index in [0.717, 1.165) is 31.1 Å². The molecule has 4 heteroatoms. The molecule has 0 radical (unpaired) electrons. The van der Waals surface area contributed by atoms with Gasteiger partial charge >= 0.3 is 0 Å². The summed E-state index contributed by atoms with van der Waals surface area (Å²) in [4.78, 5) is 21.7. The summed E-state index contributed by atoms with van der Waals surface area (Å²) in [6, 6.07) is 0. The molecule has 0 N–H and O–H groups in total. The minimum Gasteiger partial charge on any atom is -0.465 e. The van der Waals surface area contributed by atoms with Gasteiger partial charge in [-0.3, -0.25) is 9.59 Å². The van der Waals surface area contributed by atoms with Crippen LogP contribution in [0, 0.1) is 34.5 Å². The van der Waals surface area contributed by atoms with E-state index >= 15 is 0 Å². The average Bonchev–Trinajstić information content (AvgIpc) is 2.93. The summed E-state index contributed by atoms with van der Waals surface area (Å²) < 4.78 is 10.8. The maximum atomic E-state index is 10.9. The van der Waals surface area contributed by atoms with Crippen LogP contribution in [0.5, 0.6) is 0 Å². The van der Waals surface area contributed by atoms with E-state index in [0.29, 0.717) is 30.2 Å². The summed E-state index contributed by atoms with van der Waals surface area (Å²) >= 11 is 0. The van der Waals surface area contributed by atoms with E-state index in [1.165, 1.54) is 38.5 Å². The first kappa shape index (κ1) is 17.4. The van der Waals surface area contributed by atoms with Crippen molar-refractivity contribution >= 4 is 12.9 Å². The van der Waals surface area contributed by atoms with Crippen LogP contribution in [0.2, 0.25) is 0 Å². The van der Waals surface area contributed by atoms with Crippen molar-refractivity contribution in [1.82, 2.24) is 0 Å². The number of carbonyl (C=O) groups excluding carboxylic acids is 2. The number of hydrogen-bond acceptors (Lipinski definition) is 4. The van der Waals surface area contributed by atoms with Crippen LogP contribution in [0.15, 0.2) is 0 Å². The van der Waals surface area contributed by atoms with Crippen molar-refractivity contribution in [3.05, 3.63) is 0 Å². The Hall–Kier alpha value is -1.06. The molecule has 4 aliphatic carbocycles. The molecule has 4 rings (SSSR count). The molecular weight excluding hydrogens is 316 g/mol. The summed E-state index contributed by atoms with van der Waals surface area (Å²) in [5.41, 5.74) is 0.583. The highest BCUT2D eigenvalue weighted by molar-refractivity contribution is 5.38. The van der Waals surface area contributed by atoms with Gasteiger partial charge in [-0.05, 0) is 86.9 Å². The second kappa shape index (κ2) is 6.28. The second-order valence-electron chi connectivity index (χ2n) is 9.63. The van der Waals surface area contributed by atoms with E-state index in [2.05, 4.69) is 13.8 Å². The quantitative estimate of drug-likeness (QED) is 0.717. The Bertz CT molecular complexity index is 534. The first-order valence-corrected chi connectivity index (χ1v) is 10.2. The maximum absolute atomic E-state index is 10.9. The van der Waals surface area contributed by atoms with Crippen molar-refractivity contribution in [3.8, 4) is 0 Å². The second-order valence-corrected chi connectivity index (χ2v) is 9.63. The minimum absolute atomic E-state index is 0.123. The number of hydrogen-bond donors (Lipinski definition) is 0. The molecule has 4 saturated carbocycles. The van der Waals surface area contributed by atoms with Gasteiger partial charge in [0.2, 0.25) is 0 Å². The zero-order chi connectivity index (χ0) is 17.7. The Kier molecular flexibility index (Phi) is 4.36. The molecule has 25 heavy (non-hydrogen) atoms. The normalized spacial score (nSPS) is 51.6. The van der Waals surface area contributed by atoms with E-state index in [1.807, 2.05) is 0 Å². The molecule has 3 unspecified atom stereocenters. The van der Waals surface area contributed by atoms with Gasteiger partial charge in [-0.25, -0.2) is 0 Å². The molecule has 4 aliphatic rings. The van der Waals surface area contributed by atoms with Crippen LogP contribution in [0.4, 0.5) is 0 Å². The van der Waals surface area contributed by atoms with Gasteiger partial charge in [0.15, 0.2) is 0 Å². The van der Waals surface area contributed by atoms with Crippen LogP contribution >= 0.6 is 0 Å². The van der Waals surface area contributed by atoms with Gasteiger partial charge in [0.05, 0.1) is 0 Å². The average molecular weight is 348 g/mol. The predicted octanol–water partition coefficient (Wildman–Crippen LogP) is 4.11. The fourth-order valence-corrected chi connectivity index (χ4v) is 7.66. The molecule has 4 fully saturated rings. The Morgan fingerprint density at radius 1 is 0.800 bits per heavy atom. The Morgan fingerprint density at radius 2 is 1.52 bits per heavy atom. The molecule has 0 aromatic heterocycles. The SMILES string of the molecule is C[C@]12CCC(OC=O)CC1CC[C@@H]1[C@@H]2CC[C@]2(C)C(OC=O)CC[C@@H]12. The third-order valence-corrected chi connectivity index (χ3v) is 9.00. The summed E-state index contributed by atoms with van der Waals surface area (Å²) in [6.07, 6.45) is 10.8. The summed E-state index contributed by atoms with van der Waals surface area (Å²) in [7, 11) is 0. The lowest BCUT2D eigenvalue weighted by atomic mass is 9.45. The lowest BCUT2D eigenvalue weighted by molar-refractivity contribution is -0.158. The van der Waals surface area contributed by atoms with Gasteiger partial charge < -0.3 is 9.47 Å². The van der Waals surface area contributed by atoms with Gasteiger partial charge in [0.1, 0.15) is 12.2 Å². The molecule has 0 aromatic rings. The van der Waals surface area contributed by atoms with Crippen LogP contribution in [-0.2, 0) is 19.1 Å². The topological polar surface area (TPSA) is 52.6 Å². The third kappa shape index (κ3) is 2.54. The van der Waals surface area contributed by atoms with Crippen molar-refractivity contribution in [2.75, 3.05) is 0 Å². The molecule has 140 valence electrons. The molecule has 0 spiro atoms. The highest BCUT2D eigenvalue weighted by Crippen LogP contribution is 2.66. The van der Waals surface area contributed by atoms with Gasteiger partial charge in [0.25, 0.3) is 12.9 Å². The number of fused-ring (bicyclic) bond motifs is 5. The van der Waals surface area contributed by atoms with Gasteiger partial charge in [-0.15, -0.1) is 0 Å². The number of carbonyl (C=O) groups is 2. The Morgan fingerprint density at radius 3 is 2.28 bits per heavy atom. The maximum Gasteiger partial charge on any atom is 0.293 e. The van der Waals surface area contributed by atoms with Crippen LogP contribution in [0.1, 0.15) is 71.6 Å². The van der Waals surface area contributed by atoms with Gasteiger partial charge in [-0.1, -0.05) is 13.8 Å². The molecule has 0 amide bonds. The lowest BCUT2D eigenvalue weighted by Gasteiger charge is -2.60. The molecule has 0 aromatic carbocycles. The molecule has 4 nitrogen and oxygen atoms in total. The zero-order valence-corrected chi connectivity index (χ0v) is 15.6. The highest BCUT2D eigenvalue weighted by Gasteiger charge is 2.60. The van der Waals surface area contributed by atoms with E-state index in [9.17, 15) is 9.59 Å². The van der Waals surface area contributed by atoms with Crippen LogP contribution in [-0.4, -0.2) is 25.2 Å². The lowest BCUT2D eigenvalue weighted by Crippen LogP contribution is -2.54. The van der Waals surface area contributed by atoms with Crippen molar-refractivity contribution < 1.29 is 19.1 Å². The first-order valence-electron chi connectivity index (χ1n) is 10.2. The molecule has 0 saturated heterocycles. The van der Waals surface area contributed by atoms with Crippen LogP contribution < -0.4 is 0 Å². The first-order chi connectivity index (χ1) is 12.0. The highest BCUT2D eigenvalue weighted by atomic mass is 16.5. The molecule has 8 atom stereocenters. The monoisotopic (exact) mass is 348 g/mol. The molecule has 0 heterocycles. The van der Waals surface area contributed by atoms with Crippen molar-refractivity contribution in [3.63, 3.8) is 0 Å². The number of ether oxygens (including phenoxy) is 2. The summed E-state index contributed by atoms with van der Waals surface area (Å²) in [5, 5.41) is 0. The van der Waals surface area contributed by atoms with Gasteiger partial charge in [-0.2, -0.15) is 0 Å². The predicted molar refractivity (Wildman–Crippen MR) is 93.6 cm³/mol. The zero-order valence-electron chi connectivity index (χ0n) is 15.6. The van der Waals surface area contributed by atoms with Crippen molar-refractivity contribution in [1.29, 1.82) is 0 Å². The van der Waals surface area contributed by atoms with Crippen molar-refractivity contribution in [2.24, 2.45) is 34.5 Å². The fourth-order valence-electron chi connectivity index (χ4n) is 7.66. The Labute approximate surface area is 151 Å². The molecule has 0 aliphatic heterocycles. The molecule has 0 bridgehead atoms. The Balaban J connectivity index is 1.54. The molecular formula is C21H32O4. The smallest absolute Gasteiger partial charge is 0.293 e. The van der Waals surface area contributed by atoms with Crippen LogP contribution in [0.25, 0.3) is 0 Å². The summed E-state index contributed by atoms with van der Waals surface area (Å²) in [6.45, 7) is 6.19. The van der Waals surface area contributed by atoms with Crippen molar-refractivity contribution in [2.45, 2.75) is 83.8 Å².